The number of hydrogen-bond acceptors (Lipinski definition) is 4. The molecule has 0 unspecified atom stereocenters. The molecule has 0 saturated carbocycles. The Hall–Kier alpha value is -1.10. The minimum absolute atomic E-state index is 0. The van der Waals surface area contributed by atoms with Gasteiger partial charge in [-0.2, -0.15) is 0 Å². The largest absolute Gasteiger partial charge is 0.494 e. The highest BCUT2D eigenvalue weighted by molar-refractivity contribution is 5.94. The van der Waals surface area contributed by atoms with Gasteiger partial charge in [0.2, 0.25) is 0 Å². The highest BCUT2D eigenvalue weighted by Gasteiger charge is 2.19. The van der Waals surface area contributed by atoms with E-state index in [-0.39, 0.29) is 18.2 Å². The summed E-state index contributed by atoms with van der Waals surface area (Å²) in [6, 6.07) is 6.24. The van der Waals surface area contributed by atoms with Crippen molar-refractivity contribution in [2.75, 3.05) is 26.2 Å². The molecule has 2 rings (SSSR count). The van der Waals surface area contributed by atoms with E-state index in [2.05, 4.69) is 17.1 Å². The Kier molecular flexibility index (Phi) is 7.15. The second-order valence-electron chi connectivity index (χ2n) is 5.34. The van der Waals surface area contributed by atoms with E-state index < -0.39 is 0 Å². The molecule has 1 aromatic carbocycles. The smallest absolute Gasteiger partial charge is 0.159 e. The van der Waals surface area contributed by atoms with Crippen molar-refractivity contribution in [3.63, 3.8) is 0 Å². The highest BCUT2D eigenvalue weighted by Crippen LogP contribution is 2.23. The van der Waals surface area contributed by atoms with E-state index in [0.29, 0.717) is 12.6 Å². The molecular weight excluding hydrogens is 288 g/mol. The van der Waals surface area contributed by atoms with Crippen molar-refractivity contribution < 1.29 is 9.53 Å². The summed E-state index contributed by atoms with van der Waals surface area (Å²) in [5.41, 5.74) is 1.86. The standard InChI is InChI=1S/C16H24N2O2.ClH/c1-4-20-16-6-5-14(13(3)19)9-15(16)11-18-8-7-17-10-12(18)2;/h5-6,9,12,17H,4,7-8,10-11H2,1-3H3;1H/t12-;/m1./s1. The van der Waals surface area contributed by atoms with E-state index in [1.807, 2.05) is 25.1 Å². The molecule has 0 bridgehead atoms. The lowest BCUT2D eigenvalue weighted by atomic mass is 10.1. The van der Waals surface area contributed by atoms with Gasteiger partial charge in [-0.1, -0.05) is 0 Å². The lowest BCUT2D eigenvalue weighted by molar-refractivity contribution is 0.101. The van der Waals surface area contributed by atoms with Gasteiger partial charge in [0.25, 0.3) is 0 Å². The number of carbonyl (C=O) groups is 1. The molecule has 4 nitrogen and oxygen atoms in total. The number of hydrogen-bond donors (Lipinski definition) is 1. The van der Waals surface area contributed by atoms with Gasteiger partial charge in [0.15, 0.2) is 5.78 Å². The molecule has 0 aromatic heterocycles. The van der Waals surface area contributed by atoms with Crippen molar-refractivity contribution in [1.29, 1.82) is 0 Å². The Morgan fingerprint density at radius 1 is 1.48 bits per heavy atom. The van der Waals surface area contributed by atoms with Crippen LogP contribution in [0.1, 0.15) is 36.7 Å². The summed E-state index contributed by atoms with van der Waals surface area (Å²) in [6.45, 7) is 10.3. The van der Waals surface area contributed by atoms with Crippen molar-refractivity contribution in [1.82, 2.24) is 10.2 Å². The minimum Gasteiger partial charge on any atom is -0.494 e. The van der Waals surface area contributed by atoms with Crippen molar-refractivity contribution in [3.8, 4) is 5.75 Å². The van der Waals surface area contributed by atoms with Crippen LogP contribution in [0.25, 0.3) is 0 Å². The van der Waals surface area contributed by atoms with Crippen LogP contribution in [0.3, 0.4) is 0 Å². The van der Waals surface area contributed by atoms with Crippen molar-refractivity contribution >= 4 is 18.2 Å². The number of carbonyl (C=O) groups excluding carboxylic acids is 1. The number of Topliss-reactive ketones (excluding diaryl/α,β-unsaturated/α-hetero) is 1. The number of nitrogens with one attached hydrogen (secondary N) is 1. The van der Waals surface area contributed by atoms with Crippen molar-refractivity contribution in [2.45, 2.75) is 33.4 Å². The topological polar surface area (TPSA) is 41.6 Å². The van der Waals surface area contributed by atoms with E-state index in [9.17, 15) is 4.79 Å². The highest BCUT2D eigenvalue weighted by atomic mass is 35.5. The predicted molar refractivity (Wildman–Crippen MR) is 87.6 cm³/mol. The first-order chi connectivity index (χ1) is 9.61. The number of halogens is 1. The zero-order chi connectivity index (χ0) is 14.5. The first-order valence-corrected chi connectivity index (χ1v) is 7.33. The van der Waals surface area contributed by atoms with E-state index in [0.717, 1.165) is 43.1 Å². The fourth-order valence-electron chi connectivity index (χ4n) is 2.56. The number of rotatable bonds is 5. The molecule has 1 aromatic rings. The maximum atomic E-state index is 11.6. The van der Waals surface area contributed by atoms with E-state index >= 15 is 0 Å². The summed E-state index contributed by atoms with van der Waals surface area (Å²) >= 11 is 0. The molecule has 0 spiro atoms. The van der Waals surface area contributed by atoms with E-state index in [4.69, 9.17) is 4.74 Å². The lowest BCUT2D eigenvalue weighted by Gasteiger charge is -2.34. The molecule has 1 aliphatic rings. The Labute approximate surface area is 133 Å². The van der Waals surface area contributed by atoms with Gasteiger partial charge in [-0.25, -0.2) is 0 Å². The predicted octanol–water partition coefficient (Wildman–Crippen LogP) is 2.50. The van der Waals surface area contributed by atoms with Gasteiger partial charge in [-0.15, -0.1) is 12.4 Å². The van der Waals surface area contributed by atoms with Crippen LogP contribution in [-0.2, 0) is 6.54 Å². The van der Waals surface area contributed by atoms with Crippen LogP contribution in [0.2, 0.25) is 0 Å². The normalized spacial score (nSPS) is 18.9. The number of benzene rings is 1. The van der Waals surface area contributed by atoms with Crippen LogP contribution < -0.4 is 10.1 Å². The second-order valence-corrected chi connectivity index (χ2v) is 5.34. The maximum absolute atomic E-state index is 11.6. The Morgan fingerprint density at radius 3 is 2.86 bits per heavy atom. The fraction of sp³-hybridized carbons (Fsp3) is 0.562. The minimum atomic E-state index is 0. The molecule has 1 aliphatic heterocycles. The molecule has 5 heteroatoms. The third-order valence-electron chi connectivity index (χ3n) is 3.78. The fourth-order valence-corrected chi connectivity index (χ4v) is 2.56. The van der Waals surface area contributed by atoms with Crippen molar-refractivity contribution in [2.24, 2.45) is 0 Å². The summed E-state index contributed by atoms with van der Waals surface area (Å²) in [5, 5.41) is 3.39. The molecule has 21 heavy (non-hydrogen) atoms. The van der Waals surface area contributed by atoms with Crippen LogP contribution in [0, 0.1) is 0 Å². The van der Waals surface area contributed by atoms with E-state index in [1.165, 1.54) is 0 Å². The van der Waals surface area contributed by atoms with Crippen LogP contribution >= 0.6 is 12.4 Å². The van der Waals surface area contributed by atoms with Crippen LogP contribution in [0.4, 0.5) is 0 Å². The van der Waals surface area contributed by atoms with E-state index in [1.54, 1.807) is 6.92 Å². The molecule has 1 atom stereocenters. The van der Waals surface area contributed by atoms with Gasteiger partial charge in [-0.3, -0.25) is 9.69 Å². The molecule has 0 radical (unpaired) electrons. The Balaban J connectivity index is 0.00000220. The molecule has 1 N–H and O–H groups in total. The zero-order valence-corrected chi connectivity index (χ0v) is 13.8. The van der Waals surface area contributed by atoms with Gasteiger partial charge in [-0.05, 0) is 39.0 Å². The van der Waals surface area contributed by atoms with Crippen LogP contribution in [0.5, 0.6) is 5.75 Å². The SMILES string of the molecule is CCOc1ccc(C(C)=O)cc1CN1CCNC[C@H]1C.Cl. The maximum Gasteiger partial charge on any atom is 0.159 e. The monoisotopic (exact) mass is 312 g/mol. The summed E-state index contributed by atoms with van der Waals surface area (Å²) in [4.78, 5) is 14.0. The van der Waals surface area contributed by atoms with Crippen LogP contribution in [-0.4, -0.2) is 43.0 Å². The molecular formula is C16H25ClN2O2. The second kappa shape index (κ2) is 8.37. The quantitative estimate of drug-likeness (QED) is 0.848. The molecule has 0 aliphatic carbocycles. The van der Waals surface area contributed by atoms with Gasteiger partial charge in [0, 0.05) is 43.3 Å². The van der Waals surface area contributed by atoms with Gasteiger partial charge in [0.1, 0.15) is 5.75 Å². The first kappa shape index (κ1) is 18.0. The summed E-state index contributed by atoms with van der Waals surface area (Å²) in [5.74, 6) is 0.992. The van der Waals surface area contributed by atoms with Gasteiger partial charge >= 0.3 is 0 Å². The molecule has 118 valence electrons. The number of piperazine rings is 1. The number of ketones is 1. The number of nitrogens with zero attached hydrogens (tertiary/aromatic N) is 1. The third-order valence-corrected chi connectivity index (χ3v) is 3.78. The Morgan fingerprint density at radius 2 is 2.24 bits per heavy atom. The van der Waals surface area contributed by atoms with Crippen LogP contribution in [0.15, 0.2) is 18.2 Å². The summed E-state index contributed by atoms with van der Waals surface area (Å²) in [6.07, 6.45) is 0. The zero-order valence-electron chi connectivity index (χ0n) is 13.0. The Bertz CT molecular complexity index is 479. The molecule has 1 heterocycles. The number of ether oxygens (including phenoxy) is 1. The summed E-state index contributed by atoms with van der Waals surface area (Å²) in [7, 11) is 0. The molecule has 1 saturated heterocycles. The molecule has 0 amide bonds. The summed E-state index contributed by atoms with van der Waals surface area (Å²) < 4.78 is 5.69. The third kappa shape index (κ3) is 4.70. The van der Waals surface area contributed by atoms with Gasteiger partial charge in [0.05, 0.1) is 6.61 Å². The molecule has 1 fully saturated rings. The average molecular weight is 313 g/mol. The van der Waals surface area contributed by atoms with Gasteiger partial charge < -0.3 is 10.1 Å². The van der Waals surface area contributed by atoms with Crippen molar-refractivity contribution in [3.05, 3.63) is 29.3 Å². The average Bonchev–Trinajstić information content (AvgIpc) is 2.43. The first-order valence-electron chi connectivity index (χ1n) is 7.33. The lowest BCUT2D eigenvalue weighted by Crippen LogP contribution is -2.49.